The quantitative estimate of drug-likeness (QED) is 0.147. The summed E-state index contributed by atoms with van der Waals surface area (Å²) >= 11 is 2.50. The van der Waals surface area contributed by atoms with Crippen molar-refractivity contribution >= 4 is 82.0 Å². The first-order chi connectivity index (χ1) is 15.5. The second-order valence-electron chi connectivity index (χ2n) is 5.58. The Labute approximate surface area is 460 Å². The first-order valence-corrected chi connectivity index (χ1v) is 26.8. The second-order valence-corrected chi connectivity index (χ2v) is 5.58. The Morgan fingerprint density at radius 3 is 0.718 bits per heavy atom. The van der Waals surface area contributed by atoms with Crippen LogP contribution in [0.5, 0.6) is 0 Å². The fourth-order valence-electron chi connectivity index (χ4n) is 1.61. The topological polar surface area (TPSA) is 51.2 Å². The van der Waals surface area contributed by atoms with Gasteiger partial charge in [0.15, 0.2) is 0 Å². The van der Waals surface area contributed by atoms with Crippen LogP contribution in [-0.2, 0) is 14.4 Å². The van der Waals surface area contributed by atoms with Crippen molar-refractivity contribution in [2.75, 3.05) is 0 Å². The maximum Gasteiger partial charge on any atom is -0.0623 e. The van der Waals surface area contributed by atoms with Gasteiger partial charge in [0.2, 0.25) is 0 Å². The number of rotatable bonds is 1. The third kappa shape index (κ3) is 86.4. The molecule has 0 N–H and O–H groups in total. The van der Waals surface area contributed by atoms with Crippen molar-refractivity contribution in [1.29, 1.82) is 0 Å². The first kappa shape index (κ1) is 75.7. The van der Waals surface area contributed by atoms with Gasteiger partial charge < -0.3 is 38.1 Å². The summed E-state index contributed by atoms with van der Waals surface area (Å²) in [4.78, 5) is 26.4. The van der Waals surface area contributed by atoms with E-state index in [2.05, 4.69) is 38.1 Å². The van der Waals surface area contributed by atoms with E-state index in [0.29, 0.717) is 5.92 Å². The molecule has 39 heavy (non-hydrogen) atoms. The Hall–Kier alpha value is 6.49. The summed E-state index contributed by atoms with van der Waals surface area (Å²) in [6, 6.07) is 34.5. The molecular weight excluding hydrogens is 643 g/mol. The zero-order valence-corrected chi connectivity index (χ0v) is 46.6. The van der Waals surface area contributed by atoms with E-state index < -0.39 is 0 Å². The molecule has 0 fully saturated rings. The molecule has 0 aliphatic heterocycles. The summed E-state index contributed by atoms with van der Waals surface area (Å²) < 4.78 is 0. The van der Waals surface area contributed by atoms with Gasteiger partial charge in [-0.1, -0.05) is 117 Å². The average Bonchev–Trinajstić information content (AvgIpc) is 2.85. The predicted octanol–water partition coefficient (Wildman–Crippen LogP) is -4.48. The van der Waals surface area contributed by atoms with Gasteiger partial charge in [0.25, 0.3) is 0 Å². The van der Waals surface area contributed by atoms with Gasteiger partial charge in [0.1, 0.15) is 18.9 Å². The predicted molar refractivity (Wildman–Crippen MR) is 160 cm³/mol. The molecule has 9 heteroatoms. The van der Waals surface area contributed by atoms with E-state index in [9.17, 15) is 0 Å². The largest absolute Gasteiger partial charge is 0.0623 e. The number of aldehydes is 3. The summed E-state index contributed by atoms with van der Waals surface area (Å²) in [5, 5.41) is 0. The molecule has 3 nitrogen and oxygen atoms in total. The van der Waals surface area contributed by atoms with E-state index in [1.807, 2.05) is 78.9 Å². The third-order valence-electron chi connectivity index (χ3n) is 2.80. The van der Waals surface area contributed by atoms with Crippen molar-refractivity contribution in [1.82, 2.24) is 0 Å². The number of hydrogen-bond donors (Lipinski definition) is 0. The van der Waals surface area contributed by atoms with E-state index in [-0.39, 0.29) is 229 Å². The minimum absolute atomic E-state index is 0. The minimum atomic E-state index is 0. The van der Waals surface area contributed by atoms with Crippen molar-refractivity contribution < 1.29 is 221 Å². The Bertz CT molecular complexity index is 598. The standard InChI is InChI=1S/C9H12.2C6H6.3C2H4O.3CH3.6K.H/c1-8(2)9-6-4-3-5-7-9;2*1-2-4-6-5-3-1;3*1-2-3;;;;;;;;;;/h3-8H,1-2H3;2*1-6H;3*2H,1H3;3*1H3;;;;;;;/q;;;;;;3*-1;;;4*+1;-1. The molecule has 0 atom stereocenters. The second kappa shape index (κ2) is 79.7. The molecular formula is C30H46K6O3. The van der Waals surface area contributed by atoms with Crippen LogP contribution in [0.25, 0.3) is 0 Å². The van der Waals surface area contributed by atoms with Gasteiger partial charge >= 0.3 is 269 Å². The van der Waals surface area contributed by atoms with Crippen molar-refractivity contribution in [3.63, 3.8) is 0 Å². The molecule has 0 saturated heterocycles. The molecule has 0 unspecified atom stereocenters. The zero-order valence-electron chi connectivity index (χ0n) is 28.8. The Morgan fingerprint density at radius 1 is 0.487 bits per heavy atom. The summed E-state index contributed by atoms with van der Waals surface area (Å²) in [5.41, 5.74) is 1.41. The van der Waals surface area contributed by atoms with Gasteiger partial charge in [-0.3, -0.25) is 0 Å². The molecule has 3 aromatic rings. The smallest absolute Gasteiger partial charge is 0.0623 e. The maximum absolute atomic E-state index is 8.81. The molecule has 0 spiro atoms. The van der Waals surface area contributed by atoms with E-state index in [1.165, 1.54) is 89.5 Å². The van der Waals surface area contributed by atoms with Crippen LogP contribution in [-0.4, -0.2) is 82.0 Å². The summed E-state index contributed by atoms with van der Waals surface area (Å²) in [5.74, 6) is 0.659. The van der Waals surface area contributed by atoms with E-state index >= 15 is 0 Å². The van der Waals surface area contributed by atoms with Gasteiger partial charge in [-0.05, 0) is 32.3 Å². The molecule has 0 bridgehead atoms. The molecule has 0 saturated carbocycles. The van der Waals surface area contributed by atoms with Crippen molar-refractivity contribution in [3.05, 3.63) is 131 Å². The molecule has 0 heterocycles. The van der Waals surface area contributed by atoms with Gasteiger partial charge in [-0.25, -0.2) is 0 Å². The van der Waals surface area contributed by atoms with Crippen molar-refractivity contribution in [3.8, 4) is 0 Å². The van der Waals surface area contributed by atoms with Gasteiger partial charge in [-0.2, -0.15) is 0 Å². The number of benzene rings is 3. The molecule has 0 aromatic heterocycles. The number of carbonyl (C=O) groups excluding carboxylic acids is 3. The third-order valence-corrected chi connectivity index (χ3v) is 2.80. The Morgan fingerprint density at radius 2 is 0.615 bits per heavy atom. The van der Waals surface area contributed by atoms with Crippen LogP contribution in [0.2, 0.25) is 0 Å². The van der Waals surface area contributed by atoms with Crippen molar-refractivity contribution in [2.45, 2.75) is 40.5 Å². The monoisotopic (exact) mass is 688 g/mol. The fourth-order valence-corrected chi connectivity index (χ4v) is 1.61. The van der Waals surface area contributed by atoms with E-state index in [0.717, 1.165) is 18.9 Å². The number of carbonyl (C=O) groups is 3. The molecule has 190 valence electrons. The van der Waals surface area contributed by atoms with Crippen LogP contribution in [0, 0.1) is 22.3 Å². The summed E-state index contributed by atoms with van der Waals surface area (Å²) in [6.45, 7) is 8.74. The molecule has 3 rings (SSSR count). The van der Waals surface area contributed by atoms with E-state index in [1.54, 1.807) is 0 Å². The SMILES string of the molecule is CC(C)c1ccccc1.CC=O.CC=O.CC=O.[CH3-].[CH3-].[CH3-].[H-].[K+].[K+].[K+].[K+].[K][K].c1ccccc1.c1ccccc1. The van der Waals surface area contributed by atoms with Crippen molar-refractivity contribution in [2.24, 2.45) is 0 Å². The normalized spacial score (nSPS) is 6.00. The van der Waals surface area contributed by atoms with Gasteiger partial charge in [0.05, 0.1) is 0 Å². The number of hydrogen-bond acceptors (Lipinski definition) is 3. The summed E-state index contributed by atoms with van der Waals surface area (Å²) in [6.07, 6.45) is 2.25. The van der Waals surface area contributed by atoms with Crippen LogP contribution < -0.4 is 206 Å². The van der Waals surface area contributed by atoms with E-state index in [4.69, 9.17) is 14.4 Å². The van der Waals surface area contributed by atoms with Gasteiger partial charge in [-0.15, -0.1) is 0 Å². The molecule has 3 aromatic carbocycles. The zero-order chi connectivity index (χ0) is 25.3. The average molecular weight is 689 g/mol. The Kier molecular flexibility index (Phi) is 155. The van der Waals surface area contributed by atoms with Crippen LogP contribution in [0.15, 0.2) is 103 Å². The fraction of sp³-hybridized carbons (Fsp3) is 0.200. The Balaban J connectivity index is -0.0000000233. The molecule has 0 aliphatic rings. The van der Waals surface area contributed by atoms with Gasteiger partial charge in [0, 0.05) is 0 Å². The van der Waals surface area contributed by atoms with Crippen LogP contribution in [0.4, 0.5) is 0 Å². The molecule has 0 aliphatic carbocycles. The van der Waals surface area contributed by atoms with Crippen LogP contribution in [0.3, 0.4) is 0 Å². The summed E-state index contributed by atoms with van der Waals surface area (Å²) in [7, 11) is 0. The maximum atomic E-state index is 8.81. The first-order valence-electron chi connectivity index (χ1n) is 10.8. The minimum Gasteiger partial charge on any atom is -0.0623 e. The van der Waals surface area contributed by atoms with Crippen LogP contribution in [0.1, 0.15) is 47.5 Å². The van der Waals surface area contributed by atoms with Crippen LogP contribution >= 0.6 is 0 Å². The molecule has 0 radical (unpaired) electrons. The molecule has 0 amide bonds.